The molecule has 1 aliphatic heterocycles. The van der Waals surface area contributed by atoms with E-state index in [4.69, 9.17) is 4.74 Å². The van der Waals surface area contributed by atoms with Crippen molar-refractivity contribution in [1.29, 1.82) is 0 Å². The van der Waals surface area contributed by atoms with E-state index in [1.165, 1.54) is 11.1 Å². The van der Waals surface area contributed by atoms with Crippen LogP contribution in [0.15, 0.2) is 48.5 Å². The monoisotopic (exact) mass is 384 g/mol. The van der Waals surface area contributed by atoms with Gasteiger partial charge in [0, 0.05) is 12.3 Å². The van der Waals surface area contributed by atoms with Crippen molar-refractivity contribution >= 4 is 23.5 Å². The highest BCUT2D eigenvalue weighted by atomic mass is 32.2. The lowest BCUT2D eigenvalue weighted by Crippen LogP contribution is -2.34. The predicted octanol–water partition coefficient (Wildman–Crippen LogP) is 5.66. The van der Waals surface area contributed by atoms with E-state index in [-0.39, 0.29) is 16.8 Å². The molecule has 0 radical (unpaired) electrons. The maximum atomic E-state index is 12.9. The number of hydrogen-bond acceptors (Lipinski definition) is 3. The fourth-order valence-electron chi connectivity index (χ4n) is 3.14. The van der Waals surface area contributed by atoms with Gasteiger partial charge in [0.1, 0.15) is 11.1 Å². The van der Waals surface area contributed by atoms with Crippen LogP contribution in [0.25, 0.3) is 0 Å². The van der Waals surface area contributed by atoms with Crippen molar-refractivity contribution in [2.75, 3.05) is 24.2 Å². The van der Waals surface area contributed by atoms with Crippen molar-refractivity contribution in [3.8, 4) is 5.75 Å². The van der Waals surface area contributed by atoms with E-state index in [0.29, 0.717) is 18.0 Å². The van der Waals surface area contributed by atoms with Gasteiger partial charge in [-0.05, 0) is 35.6 Å². The summed E-state index contributed by atoms with van der Waals surface area (Å²) in [5.74, 6) is 1.64. The highest BCUT2D eigenvalue weighted by Crippen LogP contribution is 2.39. The molecule has 2 amide bonds. The van der Waals surface area contributed by atoms with Gasteiger partial charge in [-0.3, -0.25) is 0 Å². The Morgan fingerprint density at radius 1 is 1.19 bits per heavy atom. The van der Waals surface area contributed by atoms with Gasteiger partial charge in [-0.1, -0.05) is 57.2 Å². The molecule has 0 unspecified atom stereocenters. The molecule has 1 saturated heterocycles. The second-order valence-corrected chi connectivity index (χ2v) is 8.84. The second kappa shape index (κ2) is 8.26. The minimum Gasteiger partial charge on any atom is -0.492 e. The van der Waals surface area contributed by atoms with Gasteiger partial charge >= 0.3 is 6.03 Å². The van der Waals surface area contributed by atoms with Gasteiger partial charge in [0.2, 0.25) is 0 Å². The Balaban J connectivity index is 1.75. The number of urea groups is 1. The number of nitrogens with one attached hydrogen (secondary N) is 1. The fourth-order valence-corrected chi connectivity index (χ4v) is 4.40. The summed E-state index contributed by atoms with van der Waals surface area (Å²) in [6, 6.07) is 16.1. The fraction of sp³-hybridized carbons (Fsp3) is 0.409. The van der Waals surface area contributed by atoms with Crippen LogP contribution in [0.5, 0.6) is 5.75 Å². The summed E-state index contributed by atoms with van der Waals surface area (Å²) in [6.07, 6.45) is 0. The molecule has 0 aromatic heterocycles. The normalized spacial score (nSPS) is 17.0. The van der Waals surface area contributed by atoms with Crippen LogP contribution in [-0.2, 0) is 5.41 Å². The first-order valence-electron chi connectivity index (χ1n) is 9.41. The molecular formula is C22H28N2O2S. The molecule has 3 rings (SSSR count). The van der Waals surface area contributed by atoms with E-state index < -0.39 is 0 Å². The summed E-state index contributed by atoms with van der Waals surface area (Å²) in [6.45, 7) is 9.87. The smallest absolute Gasteiger partial charge is 0.323 e. The van der Waals surface area contributed by atoms with Crippen molar-refractivity contribution in [3.63, 3.8) is 0 Å². The van der Waals surface area contributed by atoms with Crippen molar-refractivity contribution < 1.29 is 9.53 Å². The maximum Gasteiger partial charge on any atom is 0.323 e. The SMILES string of the molecule is CCOc1ccccc1NC(=O)N1CCS[C@H]1c1ccc(C(C)(C)C)cc1. The summed E-state index contributed by atoms with van der Waals surface area (Å²) in [5, 5.41) is 3.06. The van der Waals surface area contributed by atoms with Gasteiger partial charge < -0.3 is 15.0 Å². The topological polar surface area (TPSA) is 41.6 Å². The summed E-state index contributed by atoms with van der Waals surface area (Å²) < 4.78 is 5.62. The Bertz CT molecular complexity index is 784. The van der Waals surface area contributed by atoms with Crippen LogP contribution in [0, 0.1) is 0 Å². The Morgan fingerprint density at radius 2 is 1.89 bits per heavy atom. The maximum absolute atomic E-state index is 12.9. The lowest BCUT2D eigenvalue weighted by Gasteiger charge is -2.26. The molecule has 1 fully saturated rings. The average Bonchev–Trinajstić information content (AvgIpc) is 3.13. The van der Waals surface area contributed by atoms with Crippen LogP contribution in [0.3, 0.4) is 0 Å². The third kappa shape index (κ3) is 4.59. The highest BCUT2D eigenvalue weighted by molar-refractivity contribution is 7.99. The molecule has 1 heterocycles. The number of thioether (sulfide) groups is 1. The number of carbonyl (C=O) groups is 1. The molecule has 0 aliphatic carbocycles. The van der Waals surface area contributed by atoms with Crippen molar-refractivity contribution in [2.45, 2.75) is 38.5 Å². The molecule has 2 aromatic carbocycles. The van der Waals surface area contributed by atoms with Crippen LogP contribution in [0.2, 0.25) is 0 Å². The summed E-state index contributed by atoms with van der Waals surface area (Å²) in [7, 11) is 0. The number of hydrogen-bond donors (Lipinski definition) is 1. The molecule has 0 bridgehead atoms. The Morgan fingerprint density at radius 3 is 2.56 bits per heavy atom. The number of ether oxygens (including phenoxy) is 1. The quantitative estimate of drug-likeness (QED) is 0.739. The van der Waals surface area contributed by atoms with Crippen molar-refractivity contribution in [2.24, 2.45) is 0 Å². The summed E-state index contributed by atoms with van der Waals surface area (Å²) in [4.78, 5) is 14.8. The standard InChI is InChI=1S/C22H28N2O2S/c1-5-26-19-9-7-6-8-18(19)23-21(25)24-14-15-27-20(24)16-10-12-17(13-11-16)22(2,3)4/h6-13,20H,5,14-15H2,1-4H3,(H,23,25)/t20-/m0/s1. The lowest BCUT2D eigenvalue weighted by molar-refractivity contribution is 0.214. The second-order valence-electron chi connectivity index (χ2n) is 7.65. The Kier molecular flexibility index (Phi) is 6.00. The minimum absolute atomic E-state index is 0.0401. The number of amides is 2. The van der Waals surface area contributed by atoms with Gasteiger partial charge in [0.15, 0.2) is 0 Å². The predicted molar refractivity (Wildman–Crippen MR) is 114 cm³/mol. The molecule has 144 valence electrons. The van der Waals surface area contributed by atoms with E-state index in [1.807, 2.05) is 36.1 Å². The average molecular weight is 385 g/mol. The molecule has 1 N–H and O–H groups in total. The van der Waals surface area contributed by atoms with Gasteiger partial charge in [0.05, 0.1) is 12.3 Å². The first-order chi connectivity index (χ1) is 12.9. The molecular weight excluding hydrogens is 356 g/mol. The molecule has 1 atom stereocenters. The number of anilines is 1. The van der Waals surface area contributed by atoms with Crippen LogP contribution in [0.1, 0.15) is 44.2 Å². The van der Waals surface area contributed by atoms with Gasteiger partial charge in [-0.25, -0.2) is 4.79 Å². The number of carbonyl (C=O) groups excluding carboxylic acids is 1. The van der Waals surface area contributed by atoms with Gasteiger partial charge in [-0.2, -0.15) is 0 Å². The zero-order chi connectivity index (χ0) is 19.4. The van der Waals surface area contributed by atoms with E-state index in [1.54, 1.807) is 11.8 Å². The number of rotatable bonds is 4. The van der Waals surface area contributed by atoms with E-state index in [0.717, 1.165) is 12.3 Å². The van der Waals surface area contributed by atoms with Crippen LogP contribution >= 0.6 is 11.8 Å². The molecule has 0 saturated carbocycles. The third-order valence-electron chi connectivity index (χ3n) is 4.64. The molecule has 5 heteroatoms. The number of nitrogens with zero attached hydrogens (tertiary/aromatic N) is 1. The van der Waals surface area contributed by atoms with Gasteiger partial charge in [-0.15, -0.1) is 11.8 Å². The van der Waals surface area contributed by atoms with Gasteiger partial charge in [0.25, 0.3) is 0 Å². The number of para-hydroxylation sites is 2. The molecule has 27 heavy (non-hydrogen) atoms. The van der Waals surface area contributed by atoms with E-state index in [9.17, 15) is 4.79 Å². The number of benzene rings is 2. The first kappa shape index (κ1) is 19.6. The Hall–Kier alpha value is -2.14. The minimum atomic E-state index is -0.0861. The first-order valence-corrected chi connectivity index (χ1v) is 10.5. The molecule has 4 nitrogen and oxygen atoms in total. The lowest BCUT2D eigenvalue weighted by atomic mass is 9.87. The van der Waals surface area contributed by atoms with E-state index >= 15 is 0 Å². The largest absolute Gasteiger partial charge is 0.492 e. The third-order valence-corrected chi connectivity index (χ3v) is 5.90. The van der Waals surface area contributed by atoms with Crippen LogP contribution in [-0.4, -0.2) is 29.8 Å². The summed E-state index contributed by atoms with van der Waals surface area (Å²) in [5.41, 5.74) is 3.30. The van der Waals surface area contributed by atoms with Crippen LogP contribution < -0.4 is 10.1 Å². The van der Waals surface area contributed by atoms with Crippen LogP contribution in [0.4, 0.5) is 10.5 Å². The van der Waals surface area contributed by atoms with Crippen molar-refractivity contribution in [1.82, 2.24) is 4.90 Å². The Labute approximate surface area is 166 Å². The van der Waals surface area contributed by atoms with Crippen molar-refractivity contribution in [3.05, 3.63) is 59.7 Å². The highest BCUT2D eigenvalue weighted by Gasteiger charge is 2.31. The summed E-state index contributed by atoms with van der Waals surface area (Å²) >= 11 is 1.80. The molecule has 2 aromatic rings. The molecule has 1 aliphatic rings. The zero-order valence-electron chi connectivity index (χ0n) is 16.5. The zero-order valence-corrected chi connectivity index (χ0v) is 17.3. The van der Waals surface area contributed by atoms with E-state index in [2.05, 4.69) is 50.4 Å². The molecule has 0 spiro atoms.